The molecule has 3 fully saturated rings. The summed E-state index contributed by atoms with van der Waals surface area (Å²) in [6.45, 7) is 2.55. The molecule has 5 nitrogen and oxygen atoms in total. The Morgan fingerprint density at radius 2 is 2.06 bits per heavy atom. The van der Waals surface area contributed by atoms with E-state index in [-0.39, 0.29) is 24.2 Å². The summed E-state index contributed by atoms with van der Waals surface area (Å²) in [5.41, 5.74) is 6.07. The second-order valence-electron chi connectivity index (χ2n) is 5.39. The Labute approximate surface area is 102 Å². The first-order chi connectivity index (χ1) is 8.27. The normalized spacial score (nSPS) is 40.6. The quantitative estimate of drug-likeness (QED) is 0.691. The van der Waals surface area contributed by atoms with Gasteiger partial charge in [-0.3, -0.25) is 0 Å². The van der Waals surface area contributed by atoms with E-state index in [4.69, 9.17) is 10.5 Å². The Hall–Kier alpha value is -0.810. The van der Waals surface area contributed by atoms with Gasteiger partial charge < -0.3 is 20.7 Å². The minimum atomic E-state index is 0.0249. The lowest BCUT2D eigenvalue weighted by Crippen LogP contribution is -2.70. The number of nitrogens with two attached hydrogens (primary N) is 1. The molecule has 0 bridgehead atoms. The summed E-state index contributed by atoms with van der Waals surface area (Å²) in [6.07, 6.45) is 4.68. The van der Waals surface area contributed by atoms with Gasteiger partial charge in [-0.05, 0) is 25.7 Å². The van der Waals surface area contributed by atoms with E-state index in [1.165, 1.54) is 6.42 Å². The van der Waals surface area contributed by atoms with Crippen molar-refractivity contribution in [3.05, 3.63) is 0 Å². The second kappa shape index (κ2) is 4.46. The third-order valence-electron chi connectivity index (χ3n) is 4.38. The first kappa shape index (κ1) is 11.3. The Balaban J connectivity index is 1.54. The van der Waals surface area contributed by atoms with Crippen molar-refractivity contribution in [1.29, 1.82) is 0 Å². The van der Waals surface area contributed by atoms with E-state index in [1.807, 2.05) is 4.90 Å². The first-order valence-electron chi connectivity index (χ1n) is 6.70. The lowest BCUT2D eigenvalue weighted by Gasteiger charge is -2.46. The van der Waals surface area contributed by atoms with Gasteiger partial charge in [-0.1, -0.05) is 0 Å². The summed E-state index contributed by atoms with van der Waals surface area (Å²) >= 11 is 0. The van der Waals surface area contributed by atoms with Gasteiger partial charge in [0.1, 0.15) is 0 Å². The number of carbonyl (C=O) groups is 1. The summed E-state index contributed by atoms with van der Waals surface area (Å²) in [4.78, 5) is 13.9. The molecule has 0 spiro atoms. The fraction of sp³-hybridized carbons (Fsp3) is 0.917. The number of piperidine rings is 1. The number of rotatable bonds is 1. The van der Waals surface area contributed by atoms with E-state index in [0.29, 0.717) is 5.92 Å². The van der Waals surface area contributed by atoms with Crippen LogP contribution in [-0.4, -0.2) is 48.8 Å². The van der Waals surface area contributed by atoms with Crippen LogP contribution in [0.1, 0.15) is 25.7 Å². The SMILES string of the molecule is NC1C2CCOC2C1NC(=O)N1CCCCC1. The third-order valence-corrected chi connectivity index (χ3v) is 4.38. The van der Waals surface area contributed by atoms with Crippen LogP contribution in [0.3, 0.4) is 0 Å². The van der Waals surface area contributed by atoms with Crippen molar-refractivity contribution < 1.29 is 9.53 Å². The average Bonchev–Trinajstić information content (AvgIpc) is 2.81. The van der Waals surface area contributed by atoms with Crippen molar-refractivity contribution in [1.82, 2.24) is 10.2 Å². The van der Waals surface area contributed by atoms with Gasteiger partial charge in [0.2, 0.25) is 0 Å². The van der Waals surface area contributed by atoms with E-state index < -0.39 is 0 Å². The third kappa shape index (κ3) is 1.91. The molecule has 17 heavy (non-hydrogen) atoms. The van der Waals surface area contributed by atoms with Gasteiger partial charge in [0.05, 0.1) is 12.1 Å². The van der Waals surface area contributed by atoms with Gasteiger partial charge in [0, 0.05) is 31.7 Å². The zero-order valence-electron chi connectivity index (χ0n) is 10.1. The molecule has 5 heteroatoms. The Bertz CT molecular complexity index is 304. The van der Waals surface area contributed by atoms with E-state index >= 15 is 0 Å². The average molecular weight is 239 g/mol. The zero-order valence-corrected chi connectivity index (χ0v) is 10.1. The predicted octanol–water partition coefficient (Wildman–Crippen LogP) is 0.296. The largest absolute Gasteiger partial charge is 0.376 e. The highest BCUT2D eigenvalue weighted by atomic mass is 16.5. The number of fused-ring (bicyclic) bond motifs is 1. The van der Waals surface area contributed by atoms with Gasteiger partial charge in [0.15, 0.2) is 0 Å². The molecule has 3 N–H and O–H groups in total. The number of carbonyl (C=O) groups excluding carboxylic acids is 1. The van der Waals surface area contributed by atoms with Gasteiger partial charge in [-0.2, -0.15) is 0 Å². The molecule has 2 saturated heterocycles. The van der Waals surface area contributed by atoms with Crippen LogP contribution in [0.5, 0.6) is 0 Å². The number of hydrogen-bond acceptors (Lipinski definition) is 3. The number of urea groups is 1. The number of hydrogen-bond donors (Lipinski definition) is 2. The molecule has 0 aromatic carbocycles. The number of ether oxygens (including phenoxy) is 1. The molecule has 1 saturated carbocycles. The summed E-state index contributed by atoms with van der Waals surface area (Å²) in [6, 6.07) is 0.146. The maximum atomic E-state index is 12.0. The van der Waals surface area contributed by atoms with Crippen LogP contribution in [-0.2, 0) is 4.74 Å². The summed E-state index contributed by atoms with van der Waals surface area (Å²) < 4.78 is 5.61. The van der Waals surface area contributed by atoms with Gasteiger partial charge >= 0.3 is 6.03 Å². The first-order valence-corrected chi connectivity index (χ1v) is 6.70. The molecule has 3 rings (SSSR count). The smallest absolute Gasteiger partial charge is 0.317 e. The van der Waals surface area contributed by atoms with Crippen LogP contribution in [0.2, 0.25) is 0 Å². The molecule has 2 aliphatic heterocycles. The fourth-order valence-corrected chi connectivity index (χ4v) is 3.26. The van der Waals surface area contributed by atoms with Crippen LogP contribution >= 0.6 is 0 Å². The lowest BCUT2D eigenvalue weighted by molar-refractivity contribution is -0.0154. The van der Waals surface area contributed by atoms with Crippen LogP contribution in [0.15, 0.2) is 0 Å². The number of nitrogens with one attached hydrogen (secondary N) is 1. The van der Waals surface area contributed by atoms with Crippen LogP contribution in [0.25, 0.3) is 0 Å². The molecule has 0 aromatic heterocycles. The highest BCUT2D eigenvalue weighted by Crippen LogP contribution is 2.37. The van der Waals surface area contributed by atoms with Gasteiger partial charge in [0.25, 0.3) is 0 Å². The number of likely N-dealkylation sites (tertiary alicyclic amines) is 1. The van der Waals surface area contributed by atoms with Crippen LogP contribution < -0.4 is 11.1 Å². The Kier molecular flexibility index (Phi) is 2.96. The fourth-order valence-electron chi connectivity index (χ4n) is 3.26. The molecule has 2 amide bonds. The maximum Gasteiger partial charge on any atom is 0.317 e. The van der Waals surface area contributed by atoms with E-state index in [9.17, 15) is 4.79 Å². The zero-order chi connectivity index (χ0) is 11.8. The standard InChI is InChI=1S/C12H21N3O2/c13-9-8-4-7-17-11(8)10(9)14-12(16)15-5-2-1-3-6-15/h8-11H,1-7,13H2,(H,14,16). The summed E-state index contributed by atoms with van der Waals surface area (Å²) in [5, 5.41) is 3.04. The minimum Gasteiger partial charge on any atom is -0.376 e. The molecule has 96 valence electrons. The monoisotopic (exact) mass is 239 g/mol. The Morgan fingerprint density at radius 3 is 2.82 bits per heavy atom. The number of nitrogens with zero attached hydrogens (tertiary/aromatic N) is 1. The summed E-state index contributed by atoms with van der Waals surface area (Å²) in [5.74, 6) is 0.460. The van der Waals surface area contributed by atoms with Crippen LogP contribution in [0.4, 0.5) is 4.79 Å². The van der Waals surface area contributed by atoms with Gasteiger partial charge in [-0.15, -0.1) is 0 Å². The Morgan fingerprint density at radius 1 is 1.29 bits per heavy atom. The maximum absolute atomic E-state index is 12.0. The molecular weight excluding hydrogens is 218 g/mol. The topological polar surface area (TPSA) is 67.6 Å². The van der Waals surface area contributed by atoms with Crippen molar-refractivity contribution in [3.8, 4) is 0 Å². The predicted molar refractivity (Wildman–Crippen MR) is 63.6 cm³/mol. The molecular formula is C12H21N3O2. The molecule has 1 aliphatic carbocycles. The molecule has 4 atom stereocenters. The van der Waals surface area contributed by atoms with Gasteiger partial charge in [-0.25, -0.2) is 4.79 Å². The van der Waals surface area contributed by atoms with E-state index in [2.05, 4.69) is 5.32 Å². The van der Waals surface area contributed by atoms with Crippen molar-refractivity contribution in [2.75, 3.05) is 19.7 Å². The van der Waals surface area contributed by atoms with Crippen molar-refractivity contribution in [2.24, 2.45) is 11.7 Å². The number of amides is 2. The lowest BCUT2D eigenvalue weighted by atomic mass is 9.72. The molecule has 3 aliphatic rings. The minimum absolute atomic E-state index is 0.0249. The summed E-state index contributed by atoms with van der Waals surface area (Å²) in [7, 11) is 0. The van der Waals surface area contributed by atoms with Crippen molar-refractivity contribution >= 4 is 6.03 Å². The van der Waals surface area contributed by atoms with Crippen LogP contribution in [0, 0.1) is 5.92 Å². The molecule has 2 heterocycles. The van der Waals surface area contributed by atoms with E-state index in [0.717, 1.165) is 39.0 Å². The van der Waals surface area contributed by atoms with E-state index in [1.54, 1.807) is 0 Å². The highest BCUT2D eigenvalue weighted by Gasteiger charge is 2.52. The van der Waals surface area contributed by atoms with Crippen molar-refractivity contribution in [3.63, 3.8) is 0 Å². The second-order valence-corrected chi connectivity index (χ2v) is 5.39. The molecule has 4 unspecified atom stereocenters. The molecule has 0 aromatic rings. The highest BCUT2D eigenvalue weighted by molar-refractivity contribution is 5.75. The van der Waals surface area contributed by atoms with Crippen molar-refractivity contribution in [2.45, 2.75) is 43.9 Å². The molecule has 0 radical (unpaired) electrons.